The van der Waals surface area contributed by atoms with Crippen LogP contribution in [-0.4, -0.2) is 64.5 Å². The van der Waals surface area contributed by atoms with Gasteiger partial charge in [-0.05, 0) is 18.2 Å². The van der Waals surface area contributed by atoms with Crippen molar-refractivity contribution in [2.24, 2.45) is 0 Å². The van der Waals surface area contributed by atoms with Gasteiger partial charge in [0.1, 0.15) is 29.2 Å². The number of hydrogen-bond acceptors (Lipinski definition) is 5. The molecule has 0 bridgehead atoms. The lowest BCUT2D eigenvalue weighted by Gasteiger charge is -2.34. The number of amides is 1. The van der Waals surface area contributed by atoms with Crippen molar-refractivity contribution in [3.8, 4) is 0 Å². The summed E-state index contributed by atoms with van der Waals surface area (Å²) in [6, 6.07) is 2.31. The van der Waals surface area contributed by atoms with E-state index in [-0.39, 0.29) is 38.5 Å². The predicted octanol–water partition coefficient (Wildman–Crippen LogP) is 0.479. The van der Waals surface area contributed by atoms with Gasteiger partial charge in [-0.2, -0.15) is 9.40 Å². The van der Waals surface area contributed by atoms with Gasteiger partial charge in [0.2, 0.25) is 15.9 Å². The van der Waals surface area contributed by atoms with Gasteiger partial charge in [-0.25, -0.2) is 22.2 Å². The number of rotatable bonds is 5. The summed E-state index contributed by atoms with van der Waals surface area (Å²) in [6.07, 6.45) is 3.10. The van der Waals surface area contributed by atoms with Gasteiger partial charge in [0.25, 0.3) is 0 Å². The molecule has 0 atom stereocenters. The summed E-state index contributed by atoms with van der Waals surface area (Å²) in [5.74, 6) is -1.96. The summed E-state index contributed by atoms with van der Waals surface area (Å²) >= 11 is 0. The highest BCUT2D eigenvalue weighted by molar-refractivity contribution is 7.89. The number of carbonyl (C=O) groups is 1. The van der Waals surface area contributed by atoms with Gasteiger partial charge in [-0.15, -0.1) is 0 Å². The first-order chi connectivity index (χ1) is 12.4. The Labute approximate surface area is 149 Å². The molecule has 140 valence electrons. The minimum Gasteiger partial charge on any atom is -0.340 e. The Morgan fingerprint density at radius 1 is 1.15 bits per heavy atom. The van der Waals surface area contributed by atoms with Crippen LogP contribution in [0.1, 0.15) is 6.42 Å². The van der Waals surface area contributed by atoms with Crippen LogP contribution in [0.3, 0.4) is 0 Å². The molecule has 0 spiro atoms. The number of hydrogen-bond donors (Lipinski definition) is 0. The van der Waals surface area contributed by atoms with Gasteiger partial charge in [0.15, 0.2) is 0 Å². The maximum absolute atomic E-state index is 13.8. The lowest BCUT2D eigenvalue weighted by Crippen LogP contribution is -2.50. The molecule has 11 heteroatoms. The van der Waals surface area contributed by atoms with Crippen molar-refractivity contribution in [2.75, 3.05) is 26.2 Å². The van der Waals surface area contributed by atoms with Crippen molar-refractivity contribution in [1.29, 1.82) is 0 Å². The van der Waals surface area contributed by atoms with Crippen LogP contribution in [0.15, 0.2) is 35.7 Å². The van der Waals surface area contributed by atoms with E-state index in [1.807, 2.05) is 0 Å². The van der Waals surface area contributed by atoms with Gasteiger partial charge in [0, 0.05) is 32.6 Å². The third-order valence-electron chi connectivity index (χ3n) is 4.12. The average Bonchev–Trinajstić information content (AvgIpc) is 3.15. The molecular weight excluding hydrogens is 368 g/mol. The zero-order valence-electron chi connectivity index (χ0n) is 13.8. The zero-order chi connectivity index (χ0) is 18.7. The van der Waals surface area contributed by atoms with E-state index in [1.165, 1.54) is 17.3 Å². The molecule has 1 fully saturated rings. The highest BCUT2D eigenvalue weighted by Crippen LogP contribution is 2.21. The lowest BCUT2D eigenvalue weighted by molar-refractivity contribution is -0.132. The van der Waals surface area contributed by atoms with Crippen LogP contribution in [0.4, 0.5) is 8.78 Å². The fourth-order valence-electron chi connectivity index (χ4n) is 2.71. The van der Waals surface area contributed by atoms with Crippen LogP contribution in [0.25, 0.3) is 0 Å². The highest BCUT2D eigenvalue weighted by Gasteiger charge is 2.32. The molecule has 1 aliphatic rings. The normalized spacial score (nSPS) is 16.0. The fourth-order valence-corrected chi connectivity index (χ4v) is 4.21. The van der Waals surface area contributed by atoms with Crippen LogP contribution in [-0.2, 0) is 21.4 Å². The minimum absolute atomic E-state index is 0.0212. The number of carbonyl (C=O) groups excluding carboxylic acids is 1. The quantitative estimate of drug-likeness (QED) is 0.747. The van der Waals surface area contributed by atoms with Crippen LogP contribution < -0.4 is 0 Å². The molecule has 8 nitrogen and oxygen atoms in total. The van der Waals surface area contributed by atoms with E-state index in [0.717, 1.165) is 16.4 Å². The van der Waals surface area contributed by atoms with Gasteiger partial charge in [-0.3, -0.25) is 9.48 Å². The summed E-state index contributed by atoms with van der Waals surface area (Å²) in [5.41, 5.74) is 0. The second kappa shape index (κ2) is 7.46. The average molecular weight is 385 g/mol. The Balaban J connectivity index is 1.60. The van der Waals surface area contributed by atoms with Gasteiger partial charge >= 0.3 is 0 Å². The number of aryl methyl sites for hydroxylation is 1. The predicted molar refractivity (Wildman–Crippen MR) is 86.3 cm³/mol. The molecule has 2 aromatic rings. The molecule has 1 aromatic heterocycles. The van der Waals surface area contributed by atoms with E-state index < -0.39 is 26.6 Å². The molecule has 1 aliphatic heterocycles. The first-order valence-electron chi connectivity index (χ1n) is 7.93. The van der Waals surface area contributed by atoms with E-state index in [1.54, 1.807) is 4.90 Å². The van der Waals surface area contributed by atoms with Crippen molar-refractivity contribution in [1.82, 2.24) is 24.0 Å². The highest BCUT2D eigenvalue weighted by atomic mass is 32.2. The van der Waals surface area contributed by atoms with Crippen molar-refractivity contribution in [3.05, 3.63) is 42.5 Å². The molecule has 2 heterocycles. The molecule has 3 rings (SSSR count). The summed E-state index contributed by atoms with van der Waals surface area (Å²) in [7, 11) is -4.15. The van der Waals surface area contributed by atoms with Crippen LogP contribution >= 0.6 is 0 Å². The fraction of sp³-hybridized carbons (Fsp3) is 0.400. The summed E-state index contributed by atoms with van der Waals surface area (Å²) in [6.45, 7) is 0.797. The molecular formula is C15H17F2N5O3S. The summed E-state index contributed by atoms with van der Waals surface area (Å²) in [5, 5.41) is 3.91. The molecule has 0 N–H and O–H groups in total. The molecule has 1 amide bonds. The topological polar surface area (TPSA) is 88.4 Å². The SMILES string of the molecule is O=C(CCn1cncn1)N1CCN(S(=O)(=O)c2cc(F)ccc2F)CC1. The standard InChI is InChI=1S/C15H17F2N5O3S/c16-12-1-2-13(17)14(9-12)26(24,25)22-7-5-20(6-8-22)15(23)3-4-21-11-18-10-19-21/h1-2,9-11H,3-8H2. The molecule has 0 radical (unpaired) electrons. The van der Waals surface area contributed by atoms with Gasteiger partial charge < -0.3 is 4.90 Å². The molecule has 0 aliphatic carbocycles. The third kappa shape index (κ3) is 3.88. The van der Waals surface area contributed by atoms with E-state index in [4.69, 9.17) is 0 Å². The van der Waals surface area contributed by atoms with Gasteiger partial charge in [0.05, 0.1) is 6.54 Å². The number of aromatic nitrogens is 3. The largest absolute Gasteiger partial charge is 0.340 e. The smallest absolute Gasteiger partial charge is 0.246 e. The molecule has 26 heavy (non-hydrogen) atoms. The van der Waals surface area contributed by atoms with E-state index in [2.05, 4.69) is 10.1 Å². The van der Waals surface area contributed by atoms with Crippen LogP contribution in [0.5, 0.6) is 0 Å². The molecule has 0 saturated carbocycles. The first kappa shape index (κ1) is 18.4. The summed E-state index contributed by atoms with van der Waals surface area (Å²) < 4.78 is 54.7. The van der Waals surface area contributed by atoms with E-state index in [9.17, 15) is 22.0 Å². The van der Waals surface area contributed by atoms with Gasteiger partial charge in [-0.1, -0.05) is 0 Å². The Bertz CT molecular complexity index is 881. The van der Waals surface area contributed by atoms with Crippen LogP contribution in [0.2, 0.25) is 0 Å². The third-order valence-corrected chi connectivity index (χ3v) is 6.04. The Hall–Kier alpha value is -2.40. The number of halogens is 2. The summed E-state index contributed by atoms with van der Waals surface area (Å²) in [4.78, 5) is 16.8. The second-order valence-corrected chi connectivity index (χ2v) is 7.67. The van der Waals surface area contributed by atoms with E-state index >= 15 is 0 Å². The lowest BCUT2D eigenvalue weighted by atomic mass is 10.3. The monoisotopic (exact) mass is 385 g/mol. The van der Waals surface area contributed by atoms with Crippen molar-refractivity contribution in [3.63, 3.8) is 0 Å². The molecule has 0 unspecified atom stereocenters. The number of nitrogens with zero attached hydrogens (tertiary/aromatic N) is 5. The minimum atomic E-state index is -4.15. The maximum Gasteiger partial charge on any atom is 0.246 e. The Kier molecular flexibility index (Phi) is 5.28. The molecule has 1 saturated heterocycles. The molecule has 1 aromatic carbocycles. The number of benzene rings is 1. The second-order valence-electron chi connectivity index (χ2n) is 5.77. The van der Waals surface area contributed by atoms with Crippen molar-refractivity contribution < 1.29 is 22.0 Å². The number of piperazine rings is 1. The Morgan fingerprint density at radius 2 is 1.88 bits per heavy atom. The number of sulfonamides is 1. The zero-order valence-corrected chi connectivity index (χ0v) is 14.6. The van der Waals surface area contributed by atoms with E-state index in [0.29, 0.717) is 12.6 Å². The van der Waals surface area contributed by atoms with Crippen molar-refractivity contribution in [2.45, 2.75) is 17.9 Å². The Morgan fingerprint density at radius 3 is 2.54 bits per heavy atom. The van der Waals surface area contributed by atoms with Crippen molar-refractivity contribution >= 4 is 15.9 Å². The van der Waals surface area contributed by atoms with Crippen LogP contribution in [0, 0.1) is 11.6 Å². The maximum atomic E-state index is 13.8. The first-order valence-corrected chi connectivity index (χ1v) is 9.37.